The zero-order valence-corrected chi connectivity index (χ0v) is 12.7. The van der Waals surface area contributed by atoms with Crippen LogP contribution in [0.3, 0.4) is 0 Å². The molecule has 1 amide bonds. The van der Waals surface area contributed by atoms with Gasteiger partial charge in [0.1, 0.15) is 0 Å². The van der Waals surface area contributed by atoms with Crippen LogP contribution in [0, 0.1) is 12.3 Å². The normalized spacial score (nSPS) is 11.7. The number of carbonyl (C=O) groups excluding carboxylic acids is 1. The van der Waals surface area contributed by atoms with Gasteiger partial charge in [0.25, 0.3) is 5.91 Å². The molecule has 0 fully saturated rings. The zero-order chi connectivity index (χ0) is 14.6. The molecule has 0 spiro atoms. The SMILES string of the molecule is Cc1ccc(C(C)C)cc1C(=O)NCC(C)(C)CN. The number of rotatable bonds is 5. The van der Waals surface area contributed by atoms with Crippen LogP contribution in [-0.4, -0.2) is 19.0 Å². The first kappa shape index (κ1) is 15.7. The van der Waals surface area contributed by atoms with Gasteiger partial charge >= 0.3 is 0 Å². The Bertz CT molecular complexity index is 450. The molecular formula is C16H26N2O. The third-order valence-corrected chi connectivity index (χ3v) is 3.45. The number of benzene rings is 1. The van der Waals surface area contributed by atoms with Crippen molar-refractivity contribution in [2.75, 3.05) is 13.1 Å². The van der Waals surface area contributed by atoms with E-state index in [2.05, 4.69) is 25.2 Å². The van der Waals surface area contributed by atoms with Crippen molar-refractivity contribution in [2.24, 2.45) is 11.1 Å². The molecule has 0 aromatic heterocycles. The Morgan fingerprint density at radius 2 is 2.00 bits per heavy atom. The van der Waals surface area contributed by atoms with E-state index in [4.69, 9.17) is 5.73 Å². The van der Waals surface area contributed by atoms with E-state index in [0.717, 1.165) is 11.1 Å². The Morgan fingerprint density at radius 3 is 2.53 bits per heavy atom. The van der Waals surface area contributed by atoms with E-state index in [1.54, 1.807) is 0 Å². The van der Waals surface area contributed by atoms with E-state index < -0.39 is 0 Å². The van der Waals surface area contributed by atoms with Gasteiger partial charge in [-0.3, -0.25) is 4.79 Å². The van der Waals surface area contributed by atoms with Crippen LogP contribution in [0.25, 0.3) is 0 Å². The van der Waals surface area contributed by atoms with E-state index >= 15 is 0 Å². The highest BCUT2D eigenvalue weighted by molar-refractivity contribution is 5.95. The van der Waals surface area contributed by atoms with Gasteiger partial charge in [0.05, 0.1) is 0 Å². The van der Waals surface area contributed by atoms with E-state index in [1.807, 2.05) is 32.9 Å². The maximum Gasteiger partial charge on any atom is 0.251 e. The van der Waals surface area contributed by atoms with Gasteiger partial charge in [0, 0.05) is 12.1 Å². The second-order valence-electron chi connectivity index (χ2n) is 6.28. The van der Waals surface area contributed by atoms with Crippen LogP contribution in [0.2, 0.25) is 0 Å². The molecule has 0 unspecified atom stereocenters. The van der Waals surface area contributed by atoms with Gasteiger partial charge in [-0.1, -0.05) is 39.8 Å². The molecule has 0 bridgehead atoms. The number of hydrogen-bond acceptors (Lipinski definition) is 2. The summed E-state index contributed by atoms with van der Waals surface area (Å²) in [6.45, 7) is 11.5. The largest absolute Gasteiger partial charge is 0.351 e. The molecule has 3 nitrogen and oxygen atoms in total. The summed E-state index contributed by atoms with van der Waals surface area (Å²) in [6.07, 6.45) is 0. The van der Waals surface area contributed by atoms with Gasteiger partial charge in [-0.05, 0) is 42.0 Å². The van der Waals surface area contributed by atoms with E-state index in [0.29, 0.717) is 19.0 Å². The molecular weight excluding hydrogens is 236 g/mol. The number of nitrogens with two attached hydrogens (primary N) is 1. The predicted octanol–water partition coefficient (Wildman–Crippen LogP) is 2.83. The van der Waals surface area contributed by atoms with Crippen molar-refractivity contribution >= 4 is 5.91 Å². The molecule has 1 aromatic rings. The van der Waals surface area contributed by atoms with Crippen molar-refractivity contribution in [1.29, 1.82) is 0 Å². The van der Waals surface area contributed by atoms with Crippen LogP contribution in [0.15, 0.2) is 18.2 Å². The third-order valence-electron chi connectivity index (χ3n) is 3.45. The van der Waals surface area contributed by atoms with Crippen LogP contribution in [0.5, 0.6) is 0 Å². The molecule has 19 heavy (non-hydrogen) atoms. The monoisotopic (exact) mass is 262 g/mol. The summed E-state index contributed by atoms with van der Waals surface area (Å²) in [5.41, 5.74) is 8.56. The molecule has 1 rings (SSSR count). The highest BCUT2D eigenvalue weighted by atomic mass is 16.1. The highest BCUT2D eigenvalue weighted by Gasteiger charge is 2.18. The Hall–Kier alpha value is -1.35. The number of nitrogens with one attached hydrogen (secondary N) is 1. The summed E-state index contributed by atoms with van der Waals surface area (Å²) >= 11 is 0. The predicted molar refractivity (Wildman–Crippen MR) is 80.4 cm³/mol. The lowest BCUT2D eigenvalue weighted by Gasteiger charge is -2.23. The van der Waals surface area contributed by atoms with Gasteiger partial charge in [-0.2, -0.15) is 0 Å². The Kier molecular flexibility index (Phi) is 5.12. The standard InChI is InChI=1S/C16H26N2O/c1-11(2)13-7-6-12(3)14(8-13)15(19)18-10-16(4,5)9-17/h6-8,11H,9-10,17H2,1-5H3,(H,18,19). The van der Waals surface area contributed by atoms with E-state index in [9.17, 15) is 4.79 Å². The molecule has 0 aliphatic rings. The van der Waals surface area contributed by atoms with Gasteiger partial charge in [-0.25, -0.2) is 0 Å². The first-order chi connectivity index (χ1) is 8.76. The summed E-state index contributed by atoms with van der Waals surface area (Å²) in [7, 11) is 0. The molecule has 1 aromatic carbocycles. The van der Waals surface area contributed by atoms with Crippen LogP contribution in [0.1, 0.15) is 55.1 Å². The van der Waals surface area contributed by atoms with Gasteiger partial charge < -0.3 is 11.1 Å². The van der Waals surface area contributed by atoms with Crippen LogP contribution >= 0.6 is 0 Å². The topological polar surface area (TPSA) is 55.1 Å². The quantitative estimate of drug-likeness (QED) is 0.857. The maximum atomic E-state index is 12.3. The number of carbonyl (C=O) groups is 1. The van der Waals surface area contributed by atoms with Gasteiger partial charge in [-0.15, -0.1) is 0 Å². The number of hydrogen-bond donors (Lipinski definition) is 2. The minimum absolute atomic E-state index is 0.0125. The fourth-order valence-corrected chi connectivity index (χ4v) is 1.73. The minimum Gasteiger partial charge on any atom is -0.351 e. The molecule has 3 N–H and O–H groups in total. The Morgan fingerprint density at radius 1 is 1.37 bits per heavy atom. The van der Waals surface area contributed by atoms with Crippen molar-refractivity contribution in [1.82, 2.24) is 5.32 Å². The molecule has 0 saturated heterocycles. The van der Waals surface area contributed by atoms with Crippen molar-refractivity contribution in [3.05, 3.63) is 34.9 Å². The van der Waals surface area contributed by atoms with Crippen molar-refractivity contribution in [3.63, 3.8) is 0 Å². The first-order valence-corrected chi connectivity index (χ1v) is 6.85. The second kappa shape index (κ2) is 6.20. The molecule has 0 saturated carbocycles. The lowest BCUT2D eigenvalue weighted by molar-refractivity contribution is 0.0937. The average Bonchev–Trinajstić information content (AvgIpc) is 2.36. The van der Waals surface area contributed by atoms with Crippen molar-refractivity contribution < 1.29 is 4.79 Å². The summed E-state index contributed by atoms with van der Waals surface area (Å²) in [5, 5.41) is 2.98. The molecule has 0 aliphatic heterocycles. The van der Waals surface area contributed by atoms with Crippen LogP contribution < -0.4 is 11.1 Å². The zero-order valence-electron chi connectivity index (χ0n) is 12.7. The third kappa shape index (κ3) is 4.35. The molecule has 0 heterocycles. The first-order valence-electron chi connectivity index (χ1n) is 6.85. The molecule has 106 valence electrons. The summed E-state index contributed by atoms with van der Waals surface area (Å²) in [4.78, 5) is 12.3. The number of aryl methyl sites for hydroxylation is 1. The summed E-state index contributed by atoms with van der Waals surface area (Å²) in [6, 6.07) is 6.09. The average molecular weight is 262 g/mol. The highest BCUT2D eigenvalue weighted by Crippen LogP contribution is 2.19. The molecule has 0 radical (unpaired) electrons. The smallest absolute Gasteiger partial charge is 0.251 e. The fraction of sp³-hybridized carbons (Fsp3) is 0.562. The summed E-state index contributed by atoms with van der Waals surface area (Å²) < 4.78 is 0. The lowest BCUT2D eigenvalue weighted by Crippen LogP contribution is -2.38. The maximum absolute atomic E-state index is 12.3. The van der Waals surface area contributed by atoms with Gasteiger partial charge in [0.15, 0.2) is 0 Å². The Balaban J connectivity index is 2.85. The lowest BCUT2D eigenvalue weighted by atomic mass is 9.93. The number of amides is 1. The molecule has 3 heteroatoms. The van der Waals surface area contributed by atoms with E-state index in [1.165, 1.54) is 5.56 Å². The second-order valence-corrected chi connectivity index (χ2v) is 6.28. The fourth-order valence-electron chi connectivity index (χ4n) is 1.73. The molecule has 0 aliphatic carbocycles. The Labute approximate surface area is 116 Å². The van der Waals surface area contributed by atoms with Crippen molar-refractivity contribution in [2.45, 2.75) is 40.5 Å². The van der Waals surface area contributed by atoms with Gasteiger partial charge in [0.2, 0.25) is 0 Å². The van der Waals surface area contributed by atoms with Crippen LogP contribution in [-0.2, 0) is 0 Å². The molecule has 0 atom stereocenters. The van der Waals surface area contributed by atoms with Crippen molar-refractivity contribution in [3.8, 4) is 0 Å². The summed E-state index contributed by atoms with van der Waals surface area (Å²) in [5.74, 6) is 0.411. The minimum atomic E-state index is -0.0702. The van der Waals surface area contributed by atoms with Crippen LogP contribution in [0.4, 0.5) is 0 Å². The van der Waals surface area contributed by atoms with E-state index in [-0.39, 0.29) is 11.3 Å².